The maximum absolute atomic E-state index is 11.5. The van der Waals surface area contributed by atoms with E-state index in [2.05, 4.69) is 15.2 Å². The fourth-order valence-corrected chi connectivity index (χ4v) is 1.81. The van der Waals surface area contributed by atoms with Crippen molar-refractivity contribution in [3.8, 4) is 0 Å². The predicted molar refractivity (Wildman–Crippen MR) is 61.1 cm³/mol. The molecule has 16 heavy (non-hydrogen) atoms. The molecule has 0 aliphatic rings. The van der Waals surface area contributed by atoms with Crippen molar-refractivity contribution in [3.63, 3.8) is 0 Å². The number of nitrogens with zero attached hydrogens (tertiary/aromatic N) is 2. The Labute approximate surface area is 98.3 Å². The molecule has 0 saturated carbocycles. The van der Waals surface area contributed by atoms with Gasteiger partial charge >= 0.3 is 5.97 Å². The smallest absolute Gasteiger partial charge is 0.326 e. The van der Waals surface area contributed by atoms with Gasteiger partial charge in [-0.1, -0.05) is 11.8 Å². The molecule has 7 heteroatoms. The number of thioether (sulfide) groups is 1. The molecule has 1 atom stereocenters. The maximum atomic E-state index is 11.5. The molecule has 6 nitrogen and oxygen atoms in total. The second-order valence-corrected chi connectivity index (χ2v) is 4.57. The van der Waals surface area contributed by atoms with E-state index < -0.39 is 11.5 Å². The third kappa shape index (κ3) is 3.49. The summed E-state index contributed by atoms with van der Waals surface area (Å²) in [5.41, 5.74) is 4.82. The SMILES string of the molecule is CCOC(=O)C(C)(N)CSc1n[nH]c(C)n1. The van der Waals surface area contributed by atoms with Gasteiger partial charge in [-0.2, -0.15) is 0 Å². The van der Waals surface area contributed by atoms with E-state index >= 15 is 0 Å². The van der Waals surface area contributed by atoms with Gasteiger partial charge in [0.15, 0.2) is 0 Å². The standard InChI is InChI=1S/C9H16N4O2S/c1-4-15-7(14)9(3,10)5-16-8-11-6(2)12-13-8/h4-5,10H2,1-3H3,(H,11,12,13). The van der Waals surface area contributed by atoms with Gasteiger partial charge in [0.1, 0.15) is 11.4 Å². The van der Waals surface area contributed by atoms with Crippen molar-refractivity contribution >= 4 is 17.7 Å². The van der Waals surface area contributed by atoms with Crippen molar-refractivity contribution in [3.05, 3.63) is 5.82 Å². The summed E-state index contributed by atoms with van der Waals surface area (Å²) in [6, 6.07) is 0. The first-order valence-electron chi connectivity index (χ1n) is 4.93. The molecule has 0 fully saturated rings. The summed E-state index contributed by atoms with van der Waals surface area (Å²) < 4.78 is 4.87. The van der Waals surface area contributed by atoms with Gasteiger partial charge in [-0.3, -0.25) is 9.89 Å². The average molecular weight is 244 g/mol. The molecule has 1 aromatic heterocycles. The quantitative estimate of drug-likeness (QED) is 0.578. The van der Waals surface area contributed by atoms with Crippen LogP contribution in [0.5, 0.6) is 0 Å². The number of aromatic amines is 1. The van der Waals surface area contributed by atoms with Gasteiger partial charge in [0, 0.05) is 5.75 Å². The average Bonchev–Trinajstić information content (AvgIpc) is 2.62. The lowest BCUT2D eigenvalue weighted by Crippen LogP contribution is -2.48. The zero-order valence-electron chi connectivity index (χ0n) is 9.61. The van der Waals surface area contributed by atoms with Crippen molar-refractivity contribution < 1.29 is 9.53 Å². The number of nitrogens with one attached hydrogen (secondary N) is 1. The predicted octanol–water partition coefficient (Wildman–Crippen LogP) is 0.486. The number of H-pyrrole nitrogens is 1. The first kappa shape index (κ1) is 13.0. The number of aromatic nitrogens is 3. The Kier molecular flexibility index (Phi) is 4.31. The van der Waals surface area contributed by atoms with Crippen LogP contribution in [0.1, 0.15) is 19.7 Å². The summed E-state index contributed by atoms with van der Waals surface area (Å²) >= 11 is 1.32. The molecule has 0 aliphatic carbocycles. The van der Waals surface area contributed by atoms with Gasteiger partial charge in [-0.25, -0.2) is 4.98 Å². The van der Waals surface area contributed by atoms with Crippen molar-refractivity contribution in [1.82, 2.24) is 15.2 Å². The van der Waals surface area contributed by atoms with E-state index in [0.29, 0.717) is 17.5 Å². The molecular formula is C9H16N4O2S. The fourth-order valence-electron chi connectivity index (χ4n) is 0.956. The van der Waals surface area contributed by atoms with E-state index in [9.17, 15) is 4.79 Å². The highest BCUT2D eigenvalue weighted by molar-refractivity contribution is 7.99. The van der Waals surface area contributed by atoms with Gasteiger partial charge in [0.05, 0.1) is 6.61 Å². The molecular weight excluding hydrogens is 228 g/mol. The van der Waals surface area contributed by atoms with Crippen LogP contribution in [-0.2, 0) is 9.53 Å². The highest BCUT2D eigenvalue weighted by Gasteiger charge is 2.30. The molecule has 1 rings (SSSR count). The van der Waals surface area contributed by atoms with Crippen LogP contribution in [0.2, 0.25) is 0 Å². The van der Waals surface area contributed by atoms with Crippen LogP contribution in [-0.4, -0.2) is 39.0 Å². The van der Waals surface area contributed by atoms with Crippen LogP contribution in [0, 0.1) is 6.92 Å². The number of nitrogens with two attached hydrogens (primary N) is 1. The first-order valence-corrected chi connectivity index (χ1v) is 5.92. The Morgan fingerprint density at radius 1 is 1.69 bits per heavy atom. The Morgan fingerprint density at radius 2 is 2.38 bits per heavy atom. The molecule has 90 valence electrons. The number of carbonyl (C=O) groups is 1. The number of hydrogen-bond acceptors (Lipinski definition) is 6. The Balaban J connectivity index is 2.50. The zero-order valence-corrected chi connectivity index (χ0v) is 10.4. The van der Waals surface area contributed by atoms with E-state index in [4.69, 9.17) is 10.5 Å². The van der Waals surface area contributed by atoms with Crippen molar-refractivity contribution in [2.75, 3.05) is 12.4 Å². The second-order valence-electron chi connectivity index (χ2n) is 3.63. The van der Waals surface area contributed by atoms with Crippen molar-refractivity contribution in [2.45, 2.75) is 31.5 Å². The van der Waals surface area contributed by atoms with Crippen LogP contribution in [0.3, 0.4) is 0 Å². The summed E-state index contributed by atoms with van der Waals surface area (Å²) in [5.74, 6) is 0.704. The van der Waals surface area contributed by atoms with Gasteiger partial charge in [0.2, 0.25) is 5.16 Å². The molecule has 0 spiro atoms. The van der Waals surface area contributed by atoms with E-state index in [1.807, 2.05) is 6.92 Å². The lowest BCUT2D eigenvalue weighted by molar-refractivity contribution is -0.148. The molecule has 0 amide bonds. The molecule has 1 heterocycles. The fraction of sp³-hybridized carbons (Fsp3) is 0.667. The van der Waals surface area contributed by atoms with Crippen molar-refractivity contribution in [2.24, 2.45) is 5.73 Å². The minimum absolute atomic E-state index is 0.329. The summed E-state index contributed by atoms with van der Waals surface area (Å²) in [4.78, 5) is 15.6. The Bertz CT molecular complexity index is 364. The summed E-state index contributed by atoms with van der Waals surface area (Å²) in [6.45, 7) is 5.53. The molecule has 0 aromatic carbocycles. The molecule has 0 aliphatic heterocycles. The number of rotatable bonds is 5. The summed E-state index contributed by atoms with van der Waals surface area (Å²) in [6.07, 6.45) is 0. The van der Waals surface area contributed by atoms with Gasteiger partial charge in [-0.05, 0) is 20.8 Å². The minimum atomic E-state index is -1.02. The first-order chi connectivity index (χ1) is 7.45. The molecule has 0 saturated heterocycles. The van der Waals surface area contributed by atoms with Crippen LogP contribution >= 0.6 is 11.8 Å². The minimum Gasteiger partial charge on any atom is -0.465 e. The highest BCUT2D eigenvalue weighted by Crippen LogP contribution is 2.18. The monoisotopic (exact) mass is 244 g/mol. The number of ether oxygens (including phenoxy) is 1. The van der Waals surface area contributed by atoms with Gasteiger partial charge in [-0.15, -0.1) is 5.10 Å². The molecule has 3 N–H and O–H groups in total. The summed E-state index contributed by atoms with van der Waals surface area (Å²) in [7, 11) is 0. The van der Waals surface area contributed by atoms with E-state index in [1.54, 1.807) is 13.8 Å². The third-order valence-electron chi connectivity index (χ3n) is 1.82. The number of aryl methyl sites for hydroxylation is 1. The van der Waals surface area contributed by atoms with Crippen LogP contribution in [0.15, 0.2) is 5.16 Å². The third-order valence-corrected chi connectivity index (χ3v) is 3.00. The zero-order chi connectivity index (χ0) is 12.2. The second kappa shape index (κ2) is 5.31. The van der Waals surface area contributed by atoms with E-state index in [0.717, 1.165) is 5.82 Å². The van der Waals surface area contributed by atoms with Crippen molar-refractivity contribution in [1.29, 1.82) is 0 Å². The molecule has 0 radical (unpaired) electrons. The largest absolute Gasteiger partial charge is 0.465 e. The van der Waals surface area contributed by atoms with E-state index in [1.165, 1.54) is 11.8 Å². The molecule has 0 bridgehead atoms. The normalized spacial score (nSPS) is 14.5. The van der Waals surface area contributed by atoms with Crippen LogP contribution in [0.25, 0.3) is 0 Å². The number of carbonyl (C=O) groups excluding carboxylic acids is 1. The lowest BCUT2D eigenvalue weighted by atomic mass is 10.1. The van der Waals surface area contributed by atoms with Gasteiger partial charge < -0.3 is 10.5 Å². The van der Waals surface area contributed by atoms with Gasteiger partial charge in [0.25, 0.3) is 0 Å². The Morgan fingerprint density at radius 3 is 2.88 bits per heavy atom. The van der Waals surface area contributed by atoms with Crippen LogP contribution in [0.4, 0.5) is 0 Å². The number of esters is 1. The lowest BCUT2D eigenvalue weighted by Gasteiger charge is -2.20. The maximum Gasteiger partial charge on any atom is 0.326 e. The highest BCUT2D eigenvalue weighted by atomic mass is 32.2. The van der Waals surface area contributed by atoms with Crippen LogP contribution < -0.4 is 5.73 Å². The Hall–Kier alpha value is -1.08. The van der Waals surface area contributed by atoms with E-state index in [-0.39, 0.29) is 0 Å². The molecule has 1 unspecified atom stereocenters. The summed E-state index contributed by atoms with van der Waals surface area (Å²) in [5, 5.41) is 7.25. The topological polar surface area (TPSA) is 93.9 Å². The number of hydrogen-bond donors (Lipinski definition) is 2. The molecule has 1 aromatic rings.